The van der Waals surface area contributed by atoms with E-state index in [9.17, 15) is 8.78 Å². The van der Waals surface area contributed by atoms with Gasteiger partial charge in [-0.15, -0.1) is 0 Å². The summed E-state index contributed by atoms with van der Waals surface area (Å²) in [6.45, 7) is 5.47. The molecule has 0 bridgehead atoms. The maximum Gasteiger partial charge on any atom is 0.161 e. The molecule has 5 heteroatoms. The molecule has 3 rings (SSSR count). The van der Waals surface area contributed by atoms with E-state index in [1.54, 1.807) is 0 Å². The van der Waals surface area contributed by atoms with Crippen molar-refractivity contribution in [2.24, 2.45) is 0 Å². The van der Waals surface area contributed by atoms with Gasteiger partial charge in [0.15, 0.2) is 11.5 Å². The van der Waals surface area contributed by atoms with Crippen LogP contribution in [0.2, 0.25) is 0 Å². The third kappa shape index (κ3) is 3.08. The van der Waals surface area contributed by atoms with Gasteiger partial charge in [-0.25, -0.2) is 8.78 Å². The van der Waals surface area contributed by atoms with Crippen molar-refractivity contribution in [1.82, 2.24) is 5.32 Å². The molecule has 0 aliphatic carbocycles. The van der Waals surface area contributed by atoms with E-state index in [4.69, 9.17) is 9.47 Å². The van der Waals surface area contributed by atoms with Crippen LogP contribution >= 0.6 is 0 Å². The van der Waals surface area contributed by atoms with Crippen LogP contribution < -0.4 is 14.8 Å². The third-order valence-corrected chi connectivity index (χ3v) is 4.15. The van der Waals surface area contributed by atoms with Crippen molar-refractivity contribution in [3.8, 4) is 11.5 Å². The molecule has 24 heavy (non-hydrogen) atoms. The summed E-state index contributed by atoms with van der Waals surface area (Å²) in [5, 5.41) is 3.22. The molecule has 1 aliphatic rings. The Kier molecular flexibility index (Phi) is 5.00. The van der Waals surface area contributed by atoms with E-state index in [0.717, 1.165) is 17.5 Å². The molecule has 2 aromatic carbocycles. The molecule has 2 aromatic rings. The second-order valence-corrected chi connectivity index (χ2v) is 5.64. The average molecular weight is 333 g/mol. The van der Waals surface area contributed by atoms with E-state index in [-0.39, 0.29) is 5.56 Å². The van der Waals surface area contributed by atoms with Gasteiger partial charge >= 0.3 is 0 Å². The lowest BCUT2D eigenvalue weighted by Crippen LogP contribution is -2.32. The lowest BCUT2D eigenvalue weighted by Gasteiger charge is -2.29. The molecule has 0 amide bonds. The van der Waals surface area contributed by atoms with Gasteiger partial charge in [-0.05, 0) is 55.7 Å². The van der Waals surface area contributed by atoms with Crippen LogP contribution in [0.25, 0.3) is 0 Å². The van der Waals surface area contributed by atoms with Gasteiger partial charge in [0.05, 0.1) is 19.3 Å². The number of halogens is 2. The number of ether oxygens (including phenoxy) is 2. The molecule has 0 spiro atoms. The topological polar surface area (TPSA) is 30.5 Å². The third-order valence-electron chi connectivity index (χ3n) is 4.15. The van der Waals surface area contributed by atoms with E-state index in [1.807, 2.05) is 26.0 Å². The van der Waals surface area contributed by atoms with Crippen molar-refractivity contribution in [2.45, 2.75) is 26.3 Å². The molecule has 0 aromatic heterocycles. The zero-order valence-corrected chi connectivity index (χ0v) is 13.9. The molecule has 0 saturated carbocycles. The number of fused-ring (bicyclic) bond motifs is 1. The number of rotatable bonds is 5. The van der Waals surface area contributed by atoms with Gasteiger partial charge in [0.1, 0.15) is 11.6 Å². The Morgan fingerprint density at radius 2 is 1.67 bits per heavy atom. The highest BCUT2D eigenvalue weighted by Gasteiger charge is 2.28. The van der Waals surface area contributed by atoms with Gasteiger partial charge in [-0.3, -0.25) is 0 Å². The normalized spacial score (nSPS) is 16.6. The first-order chi connectivity index (χ1) is 11.7. The minimum Gasteiger partial charge on any atom is -0.490 e. The Hall–Kier alpha value is -2.14. The molecule has 0 saturated heterocycles. The summed E-state index contributed by atoms with van der Waals surface area (Å²) in [4.78, 5) is 0. The summed E-state index contributed by atoms with van der Waals surface area (Å²) in [6, 6.07) is 7.17. The van der Waals surface area contributed by atoms with Crippen molar-refractivity contribution in [1.29, 1.82) is 0 Å². The number of hydrogen-bond donors (Lipinski definition) is 1. The summed E-state index contributed by atoms with van der Waals surface area (Å²) in [5.41, 5.74) is 1.90. The van der Waals surface area contributed by atoms with E-state index >= 15 is 0 Å². The Morgan fingerprint density at radius 1 is 1.04 bits per heavy atom. The monoisotopic (exact) mass is 333 g/mol. The SMILES string of the molecule is CCOc1cc2c(cc1OCC)[C@@H](c1c(F)cccc1F)NCC2. The predicted octanol–water partition coefficient (Wildman–Crippen LogP) is 4.00. The van der Waals surface area contributed by atoms with Crippen LogP contribution in [-0.2, 0) is 6.42 Å². The average Bonchev–Trinajstić information content (AvgIpc) is 2.56. The van der Waals surface area contributed by atoms with Crippen LogP contribution in [0.15, 0.2) is 30.3 Å². The molecule has 1 heterocycles. The summed E-state index contributed by atoms with van der Waals surface area (Å²) in [6.07, 6.45) is 0.772. The molecule has 0 radical (unpaired) electrons. The van der Waals surface area contributed by atoms with E-state index in [0.29, 0.717) is 31.3 Å². The van der Waals surface area contributed by atoms with Crippen LogP contribution in [0.1, 0.15) is 36.6 Å². The van der Waals surface area contributed by atoms with Gasteiger partial charge in [-0.2, -0.15) is 0 Å². The number of benzene rings is 2. The predicted molar refractivity (Wildman–Crippen MR) is 88.7 cm³/mol. The van der Waals surface area contributed by atoms with Gasteiger partial charge in [0.25, 0.3) is 0 Å². The first kappa shape index (κ1) is 16.7. The van der Waals surface area contributed by atoms with Gasteiger partial charge in [0.2, 0.25) is 0 Å². The summed E-state index contributed by atoms with van der Waals surface area (Å²) >= 11 is 0. The van der Waals surface area contributed by atoms with E-state index in [1.165, 1.54) is 18.2 Å². The van der Waals surface area contributed by atoms with E-state index in [2.05, 4.69) is 5.32 Å². The van der Waals surface area contributed by atoms with Gasteiger partial charge in [0, 0.05) is 12.1 Å². The van der Waals surface area contributed by atoms with Crippen LogP contribution in [0.4, 0.5) is 8.78 Å². The molecule has 128 valence electrons. The van der Waals surface area contributed by atoms with Crippen molar-refractivity contribution in [3.05, 3.63) is 58.7 Å². The zero-order valence-electron chi connectivity index (χ0n) is 13.9. The van der Waals surface area contributed by atoms with Crippen LogP contribution in [-0.4, -0.2) is 19.8 Å². The second kappa shape index (κ2) is 7.18. The highest BCUT2D eigenvalue weighted by Crippen LogP contribution is 2.38. The largest absolute Gasteiger partial charge is 0.490 e. The number of nitrogens with one attached hydrogen (secondary N) is 1. The van der Waals surface area contributed by atoms with Crippen molar-refractivity contribution in [3.63, 3.8) is 0 Å². The fraction of sp³-hybridized carbons (Fsp3) is 0.368. The highest BCUT2D eigenvalue weighted by molar-refractivity contribution is 5.52. The van der Waals surface area contributed by atoms with E-state index < -0.39 is 17.7 Å². The molecule has 1 atom stereocenters. The van der Waals surface area contributed by atoms with Crippen LogP contribution in [0.5, 0.6) is 11.5 Å². The second-order valence-electron chi connectivity index (χ2n) is 5.64. The minimum absolute atomic E-state index is 0.0464. The molecule has 3 nitrogen and oxygen atoms in total. The molecule has 0 fully saturated rings. The molecule has 1 N–H and O–H groups in total. The molecule has 1 aliphatic heterocycles. The van der Waals surface area contributed by atoms with Crippen molar-refractivity contribution >= 4 is 0 Å². The summed E-state index contributed by atoms with van der Waals surface area (Å²) in [5.74, 6) is 0.177. The Morgan fingerprint density at radius 3 is 2.29 bits per heavy atom. The highest BCUT2D eigenvalue weighted by atomic mass is 19.1. The molecule has 0 unspecified atom stereocenters. The maximum absolute atomic E-state index is 14.2. The lowest BCUT2D eigenvalue weighted by molar-refractivity contribution is 0.286. The van der Waals surface area contributed by atoms with Crippen LogP contribution in [0, 0.1) is 11.6 Å². The van der Waals surface area contributed by atoms with Gasteiger partial charge in [-0.1, -0.05) is 6.07 Å². The fourth-order valence-electron chi connectivity index (χ4n) is 3.14. The van der Waals surface area contributed by atoms with Crippen molar-refractivity contribution < 1.29 is 18.3 Å². The lowest BCUT2D eigenvalue weighted by atomic mass is 9.89. The summed E-state index contributed by atoms with van der Waals surface area (Å²) < 4.78 is 39.8. The standard InChI is InChI=1S/C19H21F2NO2/c1-3-23-16-10-12-8-9-22-19(13(12)11-17(16)24-4-2)18-14(20)6-5-7-15(18)21/h5-7,10-11,19,22H,3-4,8-9H2,1-2H3/t19-/m0/s1. The minimum atomic E-state index is -0.549. The van der Waals surface area contributed by atoms with Crippen LogP contribution in [0.3, 0.4) is 0 Å². The molecular formula is C19H21F2NO2. The Balaban J connectivity index is 2.11. The first-order valence-electron chi connectivity index (χ1n) is 8.25. The Bertz CT molecular complexity index is 713. The molecular weight excluding hydrogens is 312 g/mol. The zero-order chi connectivity index (χ0) is 17.1. The first-order valence-corrected chi connectivity index (χ1v) is 8.25. The number of hydrogen-bond acceptors (Lipinski definition) is 3. The quantitative estimate of drug-likeness (QED) is 0.897. The maximum atomic E-state index is 14.2. The summed E-state index contributed by atoms with van der Waals surface area (Å²) in [7, 11) is 0. The smallest absolute Gasteiger partial charge is 0.161 e. The Labute approximate surface area is 140 Å². The van der Waals surface area contributed by atoms with Gasteiger partial charge < -0.3 is 14.8 Å². The van der Waals surface area contributed by atoms with Crippen molar-refractivity contribution in [2.75, 3.05) is 19.8 Å². The fourth-order valence-corrected chi connectivity index (χ4v) is 3.14.